The van der Waals surface area contributed by atoms with Crippen LogP contribution in [0.1, 0.15) is 51.4 Å². The van der Waals surface area contributed by atoms with Crippen molar-refractivity contribution in [1.82, 2.24) is 0 Å². The lowest BCUT2D eigenvalue weighted by Gasteiger charge is -2.20. The second kappa shape index (κ2) is 5.69. The molecule has 0 saturated heterocycles. The van der Waals surface area contributed by atoms with Gasteiger partial charge in [0.15, 0.2) is 0 Å². The Morgan fingerprint density at radius 3 is 2.57 bits per heavy atom. The van der Waals surface area contributed by atoms with E-state index >= 15 is 0 Å². The summed E-state index contributed by atoms with van der Waals surface area (Å²) in [4.78, 5) is 0. The number of alkyl halides is 1. The molecule has 0 aromatic heterocycles. The van der Waals surface area contributed by atoms with E-state index in [1.165, 1.54) is 51.4 Å². The number of rotatable bonds is 4. The van der Waals surface area contributed by atoms with Gasteiger partial charge in [0.05, 0.1) is 6.10 Å². The highest BCUT2D eigenvalue weighted by Crippen LogP contribution is 2.33. The summed E-state index contributed by atoms with van der Waals surface area (Å²) in [5.41, 5.74) is 0. The molecule has 0 aliphatic heterocycles. The minimum atomic E-state index is 0.567. The zero-order chi connectivity index (χ0) is 9.80. The second-order valence-electron chi connectivity index (χ2n) is 4.80. The number of halogens is 1. The topological polar surface area (TPSA) is 9.23 Å². The molecule has 0 heterocycles. The molecule has 14 heavy (non-hydrogen) atoms. The third kappa shape index (κ3) is 3.69. The van der Waals surface area contributed by atoms with Crippen molar-refractivity contribution in [3.63, 3.8) is 0 Å². The first-order chi connectivity index (χ1) is 6.86. The minimum absolute atomic E-state index is 0.567. The average Bonchev–Trinajstić information content (AvgIpc) is 2.97. The third-order valence-electron chi connectivity index (χ3n) is 3.43. The fourth-order valence-electron chi connectivity index (χ4n) is 2.21. The molecule has 0 radical (unpaired) electrons. The molecule has 2 heteroatoms. The van der Waals surface area contributed by atoms with Crippen LogP contribution >= 0.6 is 22.6 Å². The Labute approximate surface area is 101 Å². The van der Waals surface area contributed by atoms with Gasteiger partial charge >= 0.3 is 0 Å². The number of ether oxygens (including phenoxy) is 1. The van der Waals surface area contributed by atoms with Crippen LogP contribution in [0.3, 0.4) is 0 Å². The van der Waals surface area contributed by atoms with Gasteiger partial charge in [-0.2, -0.15) is 0 Å². The molecule has 0 spiro atoms. The van der Waals surface area contributed by atoms with Crippen molar-refractivity contribution in [3.05, 3.63) is 0 Å². The lowest BCUT2D eigenvalue weighted by atomic mass is 10.1. The zero-order valence-corrected chi connectivity index (χ0v) is 11.0. The van der Waals surface area contributed by atoms with Crippen LogP contribution in [-0.4, -0.2) is 16.6 Å². The van der Waals surface area contributed by atoms with Crippen molar-refractivity contribution in [3.8, 4) is 0 Å². The molecule has 2 atom stereocenters. The van der Waals surface area contributed by atoms with Gasteiger partial charge < -0.3 is 4.74 Å². The van der Waals surface area contributed by atoms with Crippen LogP contribution in [0.4, 0.5) is 0 Å². The molecule has 0 aromatic rings. The lowest BCUT2D eigenvalue weighted by molar-refractivity contribution is 0.0463. The first kappa shape index (κ1) is 11.2. The van der Waals surface area contributed by atoms with E-state index in [1.807, 2.05) is 0 Å². The van der Waals surface area contributed by atoms with Gasteiger partial charge in [-0.1, -0.05) is 54.7 Å². The Balaban J connectivity index is 1.64. The third-order valence-corrected chi connectivity index (χ3v) is 4.85. The van der Waals surface area contributed by atoms with Gasteiger partial charge in [0.1, 0.15) is 0 Å². The van der Waals surface area contributed by atoms with Crippen molar-refractivity contribution in [2.75, 3.05) is 6.61 Å². The summed E-state index contributed by atoms with van der Waals surface area (Å²) in [6.07, 6.45) is 11.7. The first-order valence-corrected chi connectivity index (χ1v) is 7.36. The van der Waals surface area contributed by atoms with E-state index in [0.717, 1.165) is 16.4 Å². The lowest BCUT2D eigenvalue weighted by Crippen LogP contribution is -2.23. The van der Waals surface area contributed by atoms with E-state index in [4.69, 9.17) is 4.74 Å². The molecule has 82 valence electrons. The Morgan fingerprint density at radius 1 is 1.00 bits per heavy atom. The van der Waals surface area contributed by atoms with Crippen molar-refractivity contribution in [2.24, 2.45) is 5.92 Å². The highest BCUT2D eigenvalue weighted by Gasteiger charge is 2.24. The molecule has 0 N–H and O–H groups in total. The van der Waals surface area contributed by atoms with E-state index in [9.17, 15) is 0 Å². The zero-order valence-electron chi connectivity index (χ0n) is 8.88. The van der Waals surface area contributed by atoms with Crippen LogP contribution in [0.15, 0.2) is 0 Å². The molecule has 0 bridgehead atoms. The predicted molar refractivity (Wildman–Crippen MR) is 68.0 cm³/mol. The van der Waals surface area contributed by atoms with E-state index in [0.29, 0.717) is 6.10 Å². The molecular weight excluding hydrogens is 287 g/mol. The highest BCUT2D eigenvalue weighted by molar-refractivity contribution is 14.1. The summed E-state index contributed by atoms with van der Waals surface area (Å²) in [6.45, 7) is 1.02. The highest BCUT2D eigenvalue weighted by atomic mass is 127. The van der Waals surface area contributed by atoms with Crippen LogP contribution in [0.5, 0.6) is 0 Å². The summed E-state index contributed by atoms with van der Waals surface area (Å²) in [7, 11) is 0. The number of hydrogen-bond donors (Lipinski definition) is 0. The van der Waals surface area contributed by atoms with Gasteiger partial charge in [-0.05, 0) is 25.2 Å². The van der Waals surface area contributed by atoms with Gasteiger partial charge in [0.2, 0.25) is 0 Å². The van der Waals surface area contributed by atoms with Crippen LogP contribution in [-0.2, 0) is 4.74 Å². The Hall–Kier alpha value is 0.690. The smallest absolute Gasteiger partial charge is 0.0692 e. The van der Waals surface area contributed by atoms with E-state index in [-0.39, 0.29) is 0 Å². The maximum Gasteiger partial charge on any atom is 0.0692 e. The molecule has 0 amide bonds. The van der Waals surface area contributed by atoms with Gasteiger partial charge in [0, 0.05) is 10.5 Å². The maximum atomic E-state index is 6.02. The van der Waals surface area contributed by atoms with Crippen molar-refractivity contribution >= 4 is 22.6 Å². The molecule has 2 aliphatic carbocycles. The monoisotopic (exact) mass is 308 g/mol. The first-order valence-electron chi connectivity index (χ1n) is 6.12. The largest absolute Gasteiger partial charge is 0.377 e. The maximum absolute atomic E-state index is 6.02. The van der Waals surface area contributed by atoms with E-state index in [1.54, 1.807) is 0 Å². The quantitative estimate of drug-likeness (QED) is 0.434. The van der Waals surface area contributed by atoms with Crippen LogP contribution < -0.4 is 0 Å². The molecule has 2 fully saturated rings. The Bertz CT molecular complexity index is 168. The predicted octanol–water partition coefficient (Wildman–Crippen LogP) is 3.94. The van der Waals surface area contributed by atoms with Gasteiger partial charge in [-0.3, -0.25) is 0 Å². The van der Waals surface area contributed by atoms with Crippen LogP contribution in [0, 0.1) is 5.92 Å². The fourth-order valence-corrected chi connectivity index (χ4v) is 3.22. The summed E-state index contributed by atoms with van der Waals surface area (Å²) in [6, 6.07) is 0. The Morgan fingerprint density at radius 2 is 1.79 bits per heavy atom. The van der Waals surface area contributed by atoms with Crippen molar-refractivity contribution in [2.45, 2.75) is 61.4 Å². The van der Waals surface area contributed by atoms with Crippen LogP contribution in [0.25, 0.3) is 0 Å². The molecule has 1 nitrogen and oxygen atoms in total. The molecule has 0 aromatic carbocycles. The van der Waals surface area contributed by atoms with Crippen molar-refractivity contribution in [1.29, 1.82) is 0 Å². The molecule has 2 saturated carbocycles. The van der Waals surface area contributed by atoms with E-state index in [2.05, 4.69) is 22.6 Å². The molecular formula is C12H21IO. The SMILES string of the molecule is IC1CCCCCC1OCCC1CC1. The average molecular weight is 308 g/mol. The second-order valence-corrected chi connectivity index (χ2v) is 6.40. The van der Waals surface area contributed by atoms with Gasteiger partial charge in [-0.25, -0.2) is 0 Å². The number of hydrogen-bond acceptors (Lipinski definition) is 1. The molecule has 2 unspecified atom stereocenters. The Kier molecular flexibility index (Phi) is 4.54. The fraction of sp³-hybridized carbons (Fsp3) is 1.00. The van der Waals surface area contributed by atoms with Gasteiger partial charge in [-0.15, -0.1) is 0 Å². The summed E-state index contributed by atoms with van der Waals surface area (Å²) < 4.78 is 6.79. The summed E-state index contributed by atoms with van der Waals surface area (Å²) >= 11 is 2.59. The van der Waals surface area contributed by atoms with E-state index < -0.39 is 0 Å². The minimum Gasteiger partial charge on any atom is -0.377 e. The van der Waals surface area contributed by atoms with Crippen LogP contribution in [0.2, 0.25) is 0 Å². The summed E-state index contributed by atoms with van der Waals surface area (Å²) in [5, 5.41) is 0. The molecule has 2 aliphatic rings. The molecule has 2 rings (SSSR count). The van der Waals surface area contributed by atoms with Gasteiger partial charge in [0.25, 0.3) is 0 Å². The standard InChI is InChI=1S/C12H21IO/c13-11-4-2-1-3-5-12(11)14-9-8-10-6-7-10/h10-12H,1-9H2. The van der Waals surface area contributed by atoms with Crippen molar-refractivity contribution < 1.29 is 4.74 Å². The normalized spacial score (nSPS) is 34.1. The summed E-state index contributed by atoms with van der Waals surface area (Å²) in [5.74, 6) is 1.02.